The predicted octanol–water partition coefficient (Wildman–Crippen LogP) is 3.32. The Labute approximate surface area is 167 Å². The number of hydrogen-bond donors (Lipinski definition) is 1. The molecular formula is C22H21FN4O2. The van der Waals surface area contributed by atoms with Crippen molar-refractivity contribution in [1.82, 2.24) is 14.5 Å². The number of imidazole rings is 1. The van der Waals surface area contributed by atoms with E-state index in [1.54, 1.807) is 12.1 Å². The van der Waals surface area contributed by atoms with Crippen molar-refractivity contribution < 1.29 is 13.9 Å². The first-order valence-corrected chi connectivity index (χ1v) is 9.71. The summed E-state index contributed by atoms with van der Waals surface area (Å²) in [6.07, 6.45) is 0. The Hall–Kier alpha value is -3.19. The number of rotatable bonds is 2. The van der Waals surface area contributed by atoms with Crippen molar-refractivity contribution in [2.45, 2.75) is 13.0 Å². The molecular weight excluding hydrogens is 371 g/mol. The number of carbonyl (C=O) groups excluding carboxylic acids is 1. The number of fused-ring (bicyclic) bond motifs is 3. The third kappa shape index (κ3) is 2.98. The first kappa shape index (κ1) is 17.9. The molecule has 1 amide bonds. The Morgan fingerprint density at radius 2 is 1.86 bits per heavy atom. The van der Waals surface area contributed by atoms with Crippen LogP contribution >= 0.6 is 0 Å². The van der Waals surface area contributed by atoms with Crippen LogP contribution in [0.1, 0.15) is 18.5 Å². The first-order chi connectivity index (χ1) is 14.1. The summed E-state index contributed by atoms with van der Waals surface area (Å²) in [5.41, 5.74) is 4.01. The molecule has 0 radical (unpaired) electrons. The normalized spacial score (nSPS) is 19.2. The monoisotopic (exact) mass is 392 g/mol. The second-order valence-electron chi connectivity index (χ2n) is 7.32. The molecule has 0 aliphatic carbocycles. The molecule has 29 heavy (non-hydrogen) atoms. The van der Waals surface area contributed by atoms with Crippen LogP contribution in [0.5, 0.6) is 0 Å². The average Bonchev–Trinajstić information content (AvgIpc) is 3.11. The second-order valence-corrected chi connectivity index (χ2v) is 7.32. The summed E-state index contributed by atoms with van der Waals surface area (Å²) in [6.45, 7) is 4.08. The summed E-state index contributed by atoms with van der Waals surface area (Å²) in [6, 6.07) is 13.8. The highest BCUT2D eigenvalue weighted by Crippen LogP contribution is 2.39. The molecule has 148 valence electrons. The molecule has 1 saturated heterocycles. The van der Waals surface area contributed by atoms with Crippen molar-refractivity contribution in [2.24, 2.45) is 0 Å². The van der Waals surface area contributed by atoms with Gasteiger partial charge in [0.1, 0.15) is 5.82 Å². The van der Waals surface area contributed by atoms with Crippen molar-refractivity contribution in [3.8, 4) is 0 Å². The third-order valence-corrected chi connectivity index (χ3v) is 5.55. The molecule has 3 heterocycles. The van der Waals surface area contributed by atoms with Crippen LogP contribution in [0.3, 0.4) is 0 Å². The smallest absolute Gasteiger partial charge is 0.254 e. The lowest BCUT2D eigenvalue weighted by molar-refractivity contribution is -0.131. The van der Waals surface area contributed by atoms with Gasteiger partial charge >= 0.3 is 0 Å². The third-order valence-electron chi connectivity index (χ3n) is 5.55. The number of ether oxygens (including phenoxy) is 1. The van der Waals surface area contributed by atoms with Gasteiger partial charge in [-0.2, -0.15) is 0 Å². The van der Waals surface area contributed by atoms with E-state index >= 15 is 0 Å². The zero-order valence-electron chi connectivity index (χ0n) is 16.1. The van der Waals surface area contributed by atoms with Crippen LogP contribution < -0.4 is 5.32 Å². The number of aromatic nitrogens is 2. The number of amides is 1. The molecule has 0 bridgehead atoms. The average molecular weight is 392 g/mol. The summed E-state index contributed by atoms with van der Waals surface area (Å²) in [7, 11) is 0. The van der Waals surface area contributed by atoms with Gasteiger partial charge in [-0.25, -0.2) is 9.37 Å². The van der Waals surface area contributed by atoms with Crippen LogP contribution in [0.15, 0.2) is 59.8 Å². The molecule has 1 N–H and O–H groups in total. The van der Waals surface area contributed by atoms with E-state index in [9.17, 15) is 9.18 Å². The number of para-hydroxylation sites is 2. The topological polar surface area (TPSA) is 59.4 Å². The van der Waals surface area contributed by atoms with Crippen molar-refractivity contribution in [1.29, 1.82) is 0 Å². The minimum Gasteiger partial charge on any atom is -0.378 e. The summed E-state index contributed by atoms with van der Waals surface area (Å²) >= 11 is 0. The summed E-state index contributed by atoms with van der Waals surface area (Å²) in [5.74, 6) is 0.341. The second kappa shape index (κ2) is 7.00. The molecule has 6 nitrogen and oxygen atoms in total. The molecule has 1 fully saturated rings. The van der Waals surface area contributed by atoms with E-state index in [0.29, 0.717) is 37.8 Å². The molecule has 5 rings (SSSR count). The Morgan fingerprint density at radius 1 is 1.14 bits per heavy atom. The van der Waals surface area contributed by atoms with Gasteiger partial charge in [0, 0.05) is 18.8 Å². The fraction of sp³-hybridized carbons (Fsp3) is 0.273. The SMILES string of the molecule is CC1=C(C(=O)N2CCOCC2)[C@@H](c2ccc(F)cc2)n2c(nc3ccccc32)N1. The molecule has 2 aromatic carbocycles. The summed E-state index contributed by atoms with van der Waals surface area (Å²) in [4.78, 5) is 20.1. The largest absolute Gasteiger partial charge is 0.378 e. The molecule has 0 spiro atoms. The fourth-order valence-corrected chi connectivity index (χ4v) is 4.14. The maximum absolute atomic E-state index is 13.6. The predicted molar refractivity (Wildman–Crippen MR) is 108 cm³/mol. The number of morpholine rings is 1. The van der Waals surface area contributed by atoms with Crippen molar-refractivity contribution in [3.63, 3.8) is 0 Å². The Balaban J connectivity index is 1.69. The van der Waals surface area contributed by atoms with Crippen LogP contribution in [-0.4, -0.2) is 46.7 Å². The van der Waals surface area contributed by atoms with E-state index in [0.717, 1.165) is 22.3 Å². The highest BCUT2D eigenvalue weighted by atomic mass is 19.1. The number of nitrogens with one attached hydrogen (secondary N) is 1. The minimum absolute atomic E-state index is 0.0314. The van der Waals surface area contributed by atoms with E-state index in [-0.39, 0.29) is 11.7 Å². The molecule has 3 aromatic rings. The molecule has 2 aliphatic heterocycles. The molecule has 2 aliphatic rings. The number of hydrogen-bond acceptors (Lipinski definition) is 4. The van der Waals surface area contributed by atoms with Gasteiger partial charge in [-0.05, 0) is 36.8 Å². The summed E-state index contributed by atoms with van der Waals surface area (Å²) < 4.78 is 21.1. The highest BCUT2D eigenvalue weighted by Gasteiger charge is 2.36. The molecule has 0 unspecified atom stereocenters. The van der Waals surface area contributed by atoms with Crippen LogP contribution in [-0.2, 0) is 9.53 Å². The van der Waals surface area contributed by atoms with E-state index in [1.165, 1.54) is 12.1 Å². The van der Waals surface area contributed by atoms with Crippen LogP contribution in [0, 0.1) is 5.82 Å². The number of carbonyl (C=O) groups is 1. The van der Waals surface area contributed by atoms with Gasteiger partial charge in [0.05, 0.1) is 35.9 Å². The van der Waals surface area contributed by atoms with E-state index in [1.807, 2.05) is 40.7 Å². The Bertz CT molecular complexity index is 1110. The van der Waals surface area contributed by atoms with Gasteiger partial charge in [0.2, 0.25) is 5.95 Å². The molecule has 1 aromatic heterocycles. The van der Waals surface area contributed by atoms with Gasteiger partial charge in [-0.15, -0.1) is 0 Å². The lowest BCUT2D eigenvalue weighted by Crippen LogP contribution is -2.44. The van der Waals surface area contributed by atoms with Crippen molar-refractivity contribution >= 4 is 22.9 Å². The van der Waals surface area contributed by atoms with Crippen molar-refractivity contribution in [3.05, 3.63) is 71.2 Å². The number of benzene rings is 2. The first-order valence-electron chi connectivity index (χ1n) is 9.71. The standard InChI is InChI=1S/C22H21FN4O2/c1-14-19(21(28)26-10-12-29-13-11-26)20(15-6-8-16(23)9-7-15)27-18-5-3-2-4-17(18)25-22(27)24-14/h2-9,20H,10-13H2,1H3,(H,24,25)/t20-/m1/s1. The molecule has 0 saturated carbocycles. The van der Waals surface area contributed by atoms with Gasteiger partial charge in [0.25, 0.3) is 5.91 Å². The Morgan fingerprint density at radius 3 is 2.62 bits per heavy atom. The van der Waals surface area contributed by atoms with Crippen molar-refractivity contribution in [2.75, 3.05) is 31.6 Å². The minimum atomic E-state index is -0.394. The number of nitrogens with zero attached hydrogens (tertiary/aromatic N) is 3. The molecule has 7 heteroatoms. The van der Waals surface area contributed by atoms with Gasteiger partial charge in [-0.3, -0.25) is 9.36 Å². The maximum Gasteiger partial charge on any atom is 0.254 e. The number of anilines is 1. The molecule has 1 atom stereocenters. The van der Waals surface area contributed by atoms with Gasteiger partial charge < -0.3 is 15.0 Å². The Kier molecular flexibility index (Phi) is 4.32. The van der Waals surface area contributed by atoms with E-state index in [4.69, 9.17) is 9.72 Å². The van der Waals surface area contributed by atoms with E-state index in [2.05, 4.69) is 5.32 Å². The number of halogens is 1. The van der Waals surface area contributed by atoms with E-state index < -0.39 is 6.04 Å². The van der Waals surface area contributed by atoms with Gasteiger partial charge in [-0.1, -0.05) is 24.3 Å². The zero-order chi connectivity index (χ0) is 20.0. The zero-order valence-corrected chi connectivity index (χ0v) is 16.1. The number of allylic oxidation sites excluding steroid dienone is 1. The van der Waals surface area contributed by atoms with Crippen LogP contribution in [0.4, 0.5) is 10.3 Å². The fourth-order valence-electron chi connectivity index (χ4n) is 4.14. The van der Waals surface area contributed by atoms with Crippen LogP contribution in [0.2, 0.25) is 0 Å². The van der Waals surface area contributed by atoms with Crippen LogP contribution in [0.25, 0.3) is 11.0 Å². The van der Waals surface area contributed by atoms with Gasteiger partial charge in [0.15, 0.2) is 0 Å². The lowest BCUT2D eigenvalue weighted by atomic mass is 9.93. The quantitative estimate of drug-likeness (QED) is 0.727. The highest BCUT2D eigenvalue weighted by molar-refractivity contribution is 5.98. The lowest BCUT2D eigenvalue weighted by Gasteiger charge is -2.35. The summed E-state index contributed by atoms with van der Waals surface area (Å²) in [5, 5.41) is 3.31. The maximum atomic E-state index is 13.6.